The summed E-state index contributed by atoms with van der Waals surface area (Å²) in [6.45, 7) is 0. The minimum Gasteiger partial charge on any atom is -0.459 e. The molecule has 0 fully saturated rings. The molecule has 0 atom stereocenters. The average molecular weight is 200 g/mol. The monoisotopic (exact) mass is 200 g/mol. The van der Waals surface area contributed by atoms with Gasteiger partial charge in [0.15, 0.2) is 11.3 Å². The number of hydrogen-bond acceptors (Lipinski definition) is 4. The second kappa shape index (κ2) is 2.88. The third kappa shape index (κ3) is 1.19. The van der Waals surface area contributed by atoms with Gasteiger partial charge in [0.05, 0.1) is 12.0 Å². The number of para-hydroxylation sites is 1. The number of fused-ring (bicyclic) bond motifs is 1. The maximum Gasteiger partial charge on any atom is 0.264 e. The van der Waals surface area contributed by atoms with Crippen molar-refractivity contribution in [1.82, 2.24) is 4.98 Å². The Kier molecular flexibility index (Phi) is 1.56. The fourth-order valence-corrected chi connectivity index (χ4v) is 1.48. The summed E-state index contributed by atoms with van der Waals surface area (Å²) in [6, 6.07) is 9.02. The highest BCUT2D eigenvalue weighted by Crippen LogP contribution is 2.27. The predicted molar refractivity (Wildman–Crippen MR) is 56.1 cm³/mol. The Morgan fingerprint density at radius 1 is 1.13 bits per heavy atom. The van der Waals surface area contributed by atoms with Crippen LogP contribution in [0.5, 0.6) is 0 Å². The van der Waals surface area contributed by atoms with Crippen molar-refractivity contribution in [2.75, 3.05) is 5.73 Å². The molecule has 2 N–H and O–H groups in total. The highest BCUT2D eigenvalue weighted by atomic mass is 16.4. The minimum absolute atomic E-state index is 0.452. The van der Waals surface area contributed by atoms with Gasteiger partial charge in [-0.1, -0.05) is 6.07 Å². The number of hydrogen-bond donors (Lipinski definition) is 1. The molecule has 3 rings (SSSR count). The molecule has 0 radical (unpaired) electrons. The number of nitrogen functional groups attached to an aromatic ring is 1. The van der Waals surface area contributed by atoms with Crippen molar-refractivity contribution >= 4 is 16.8 Å². The summed E-state index contributed by atoms with van der Waals surface area (Å²) in [4.78, 5) is 4.27. The van der Waals surface area contributed by atoms with Gasteiger partial charge in [0.2, 0.25) is 0 Å². The van der Waals surface area contributed by atoms with Crippen molar-refractivity contribution in [2.24, 2.45) is 0 Å². The van der Waals surface area contributed by atoms with Crippen LogP contribution >= 0.6 is 0 Å². The standard InChI is InChI=1S/C11H8N2O2/c12-7-3-1-4-8-10(7)13-11(15-8)9-5-2-6-14-9/h1-6H,12H2. The van der Waals surface area contributed by atoms with Crippen LogP contribution in [-0.2, 0) is 0 Å². The molecule has 1 aromatic carbocycles. The molecule has 0 spiro atoms. The molecule has 4 heteroatoms. The lowest BCUT2D eigenvalue weighted by Crippen LogP contribution is -1.84. The van der Waals surface area contributed by atoms with Crippen molar-refractivity contribution < 1.29 is 8.83 Å². The molecule has 0 saturated heterocycles. The third-order valence-corrected chi connectivity index (χ3v) is 2.18. The van der Waals surface area contributed by atoms with E-state index in [0.717, 1.165) is 0 Å². The molecule has 0 aliphatic heterocycles. The van der Waals surface area contributed by atoms with E-state index in [-0.39, 0.29) is 0 Å². The SMILES string of the molecule is Nc1cccc2oc(-c3ccco3)nc12. The highest BCUT2D eigenvalue weighted by Gasteiger charge is 2.11. The van der Waals surface area contributed by atoms with Crippen molar-refractivity contribution in [2.45, 2.75) is 0 Å². The summed E-state index contributed by atoms with van der Waals surface area (Å²) >= 11 is 0. The van der Waals surface area contributed by atoms with Crippen molar-refractivity contribution in [3.05, 3.63) is 36.6 Å². The topological polar surface area (TPSA) is 65.2 Å². The number of anilines is 1. The summed E-state index contributed by atoms with van der Waals surface area (Å²) < 4.78 is 10.7. The quantitative estimate of drug-likeness (QED) is 0.613. The van der Waals surface area contributed by atoms with Crippen LogP contribution < -0.4 is 5.73 Å². The fourth-order valence-electron chi connectivity index (χ4n) is 1.48. The van der Waals surface area contributed by atoms with E-state index in [1.165, 1.54) is 0 Å². The van der Waals surface area contributed by atoms with E-state index >= 15 is 0 Å². The largest absolute Gasteiger partial charge is 0.459 e. The number of nitrogens with two attached hydrogens (primary N) is 1. The van der Waals surface area contributed by atoms with Crippen LogP contribution in [-0.4, -0.2) is 4.98 Å². The molecule has 0 aliphatic rings. The maximum absolute atomic E-state index is 5.77. The number of benzene rings is 1. The molecule has 2 heterocycles. The molecule has 0 aliphatic carbocycles. The second-order valence-corrected chi connectivity index (χ2v) is 3.19. The lowest BCUT2D eigenvalue weighted by atomic mass is 10.3. The summed E-state index contributed by atoms with van der Waals surface area (Å²) in [5, 5.41) is 0. The number of nitrogens with zero attached hydrogens (tertiary/aromatic N) is 1. The van der Waals surface area contributed by atoms with Gasteiger partial charge >= 0.3 is 0 Å². The van der Waals surface area contributed by atoms with E-state index in [2.05, 4.69) is 4.98 Å². The molecular weight excluding hydrogens is 192 g/mol. The van der Waals surface area contributed by atoms with Crippen LogP contribution in [0.15, 0.2) is 45.4 Å². The van der Waals surface area contributed by atoms with E-state index in [9.17, 15) is 0 Å². The predicted octanol–water partition coefficient (Wildman–Crippen LogP) is 2.67. The summed E-state index contributed by atoms with van der Waals surface area (Å²) in [5.41, 5.74) is 7.71. The summed E-state index contributed by atoms with van der Waals surface area (Å²) in [6.07, 6.45) is 1.58. The summed E-state index contributed by atoms with van der Waals surface area (Å²) in [5.74, 6) is 1.05. The molecule has 3 aromatic rings. The van der Waals surface area contributed by atoms with Gasteiger partial charge in [-0.15, -0.1) is 0 Å². The van der Waals surface area contributed by atoms with E-state index in [1.54, 1.807) is 24.5 Å². The first-order chi connectivity index (χ1) is 7.34. The van der Waals surface area contributed by atoms with Gasteiger partial charge < -0.3 is 14.6 Å². The van der Waals surface area contributed by atoms with Gasteiger partial charge in [-0.3, -0.25) is 0 Å². The van der Waals surface area contributed by atoms with Crippen LogP contribution in [0.25, 0.3) is 22.8 Å². The Balaban J connectivity index is 2.27. The molecule has 0 unspecified atom stereocenters. The van der Waals surface area contributed by atoms with Crippen molar-refractivity contribution in [3.8, 4) is 11.7 Å². The second-order valence-electron chi connectivity index (χ2n) is 3.19. The molecule has 0 amide bonds. The molecular formula is C11H8N2O2. The van der Waals surface area contributed by atoms with Crippen LogP contribution in [0.3, 0.4) is 0 Å². The molecule has 2 aromatic heterocycles. The first kappa shape index (κ1) is 8.11. The fraction of sp³-hybridized carbons (Fsp3) is 0. The van der Waals surface area contributed by atoms with Crippen LogP contribution in [0.4, 0.5) is 5.69 Å². The first-order valence-electron chi connectivity index (χ1n) is 4.53. The Morgan fingerprint density at radius 3 is 2.80 bits per heavy atom. The lowest BCUT2D eigenvalue weighted by molar-refractivity contribution is 0.535. The number of aromatic nitrogens is 1. The third-order valence-electron chi connectivity index (χ3n) is 2.18. The van der Waals surface area contributed by atoms with Gasteiger partial charge in [0, 0.05) is 0 Å². The van der Waals surface area contributed by atoms with Gasteiger partial charge in [-0.2, -0.15) is 0 Å². The van der Waals surface area contributed by atoms with Gasteiger partial charge in [0.25, 0.3) is 5.89 Å². The average Bonchev–Trinajstić information content (AvgIpc) is 2.86. The Morgan fingerprint density at radius 2 is 2.07 bits per heavy atom. The first-order valence-corrected chi connectivity index (χ1v) is 4.53. The lowest BCUT2D eigenvalue weighted by Gasteiger charge is -1.89. The highest BCUT2D eigenvalue weighted by molar-refractivity contribution is 5.86. The number of furan rings is 1. The molecule has 15 heavy (non-hydrogen) atoms. The Bertz CT molecular complexity index is 596. The number of rotatable bonds is 1. The van der Waals surface area contributed by atoms with Crippen molar-refractivity contribution in [3.63, 3.8) is 0 Å². The zero-order chi connectivity index (χ0) is 10.3. The molecule has 4 nitrogen and oxygen atoms in total. The Labute approximate surface area is 85.3 Å². The zero-order valence-electron chi connectivity index (χ0n) is 7.81. The summed E-state index contributed by atoms with van der Waals surface area (Å²) in [7, 11) is 0. The van der Waals surface area contributed by atoms with Crippen LogP contribution in [0.2, 0.25) is 0 Å². The number of oxazole rings is 1. The van der Waals surface area contributed by atoms with Gasteiger partial charge in [-0.05, 0) is 24.3 Å². The molecule has 74 valence electrons. The van der Waals surface area contributed by atoms with Crippen LogP contribution in [0, 0.1) is 0 Å². The van der Waals surface area contributed by atoms with Crippen molar-refractivity contribution in [1.29, 1.82) is 0 Å². The zero-order valence-corrected chi connectivity index (χ0v) is 7.81. The van der Waals surface area contributed by atoms with Crippen LogP contribution in [0.1, 0.15) is 0 Å². The van der Waals surface area contributed by atoms with E-state index in [1.807, 2.05) is 12.1 Å². The Hall–Kier alpha value is -2.23. The smallest absolute Gasteiger partial charge is 0.264 e. The van der Waals surface area contributed by atoms with E-state index < -0.39 is 0 Å². The van der Waals surface area contributed by atoms with Gasteiger partial charge in [-0.25, -0.2) is 4.98 Å². The molecule has 0 bridgehead atoms. The van der Waals surface area contributed by atoms with Gasteiger partial charge in [0.1, 0.15) is 5.52 Å². The minimum atomic E-state index is 0.452. The normalized spacial score (nSPS) is 10.9. The maximum atomic E-state index is 5.77. The molecule has 0 saturated carbocycles. The van der Waals surface area contributed by atoms with E-state index in [4.69, 9.17) is 14.6 Å². The van der Waals surface area contributed by atoms with E-state index in [0.29, 0.717) is 28.4 Å².